The molecule has 2 heterocycles. The Bertz CT molecular complexity index is 508. The monoisotopic (exact) mass is 358 g/mol. The lowest BCUT2D eigenvalue weighted by atomic mass is 10.0. The van der Waals surface area contributed by atoms with Gasteiger partial charge in [0.1, 0.15) is 12.2 Å². The van der Waals surface area contributed by atoms with Gasteiger partial charge in [-0.05, 0) is 0 Å². The Hall–Kier alpha value is -0.473. The maximum Gasteiger partial charge on any atom is 0.349 e. The number of esters is 1. The molecular formula is C17H30O6Si. The molecule has 1 aliphatic carbocycles. The van der Waals surface area contributed by atoms with E-state index >= 15 is 0 Å². The second kappa shape index (κ2) is 5.51. The Morgan fingerprint density at radius 2 is 1.71 bits per heavy atom. The highest BCUT2D eigenvalue weighted by atomic mass is 28.4. The van der Waals surface area contributed by atoms with Crippen LogP contribution in [0.4, 0.5) is 0 Å². The molecule has 24 heavy (non-hydrogen) atoms. The molecule has 6 nitrogen and oxygen atoms in total. The predicted octanol–water partition coefficient (Wildman–Crippen LogP) is 1.99. The SMILES string of the molecule is COC(=O)[C@@H]1[C@H]2O[C@@H]3CO[Si](C(C)(C)C)(C(C)(C)C)O[C@@H]3[C@H](O)[C@H]21. The van der Waals surface area contributed by atoms with Crippen LogP contribution in [0.15, 0.2) is 0 Å². The summed E-state index contributed by atoms with van der Waals surface area (Å²) in [6.07, 6.45) is -1.78. The van der Waals surface area contributed by atoms with E-state index in [0.717, 1.165) is 0 Å². The molecular weight excluding hydrogens is 328 g/mol. The van der Waals surface area contributed by atoms with Crippen LogP contribution in [-0.4, -0.2) is 57.8 Å². The van der Waals surface area contributed by atoms with Gasteiger partial charge in [0.25, 0.3) is 0 Å². The van der Waals surface area contributed by atoms with E-state index in [0.29, 0.717) is 6.61 Å². The zero-order valence-electron chi connectivity index (χ0n) is 15.7. The van der Waals surface area contributed by atoms with Gasteiger partial charge in [0.15, 0.2) is 0 Å². The summed E-state index contributed by atoms with van der Waals surface area (Å²) >= 11 is 0. The number of rotatable bonds is 1. The largest absolute Gasteiger partial charge is 0.469 e. The van der Waals surface area contributed by atoms with E-state index in [1.54, 1.807) is 0 Å². The molecule has 3 aliphatic rings. The third-order valence-electron chi connectivity index (χ3n) is 5.64. The van der Waals surface area contributed by atoms with E-state index in [9.17, 15) is 9.90 Å². The first-order valence-corrected chi connectivity index (χ1v) is 10.5. The van der Waals surface area contributed by atoms with Crippen molar-refractivity contribution in [2.75, 3.05) is 13.7 Å². The van der Waals surface area contributed by atoms with Gasteiger partial charge in [-0.3, -0.25) is 4.79 Å². The van der Waals surface area contributed by atoms with Gasteiger partial charge in [-0.2, -0.15) is 0 Å². The number of aliphatic hydroxyl groups excluding tert-OH is 1. The van der Waals surface area contributed by atoms with Gasteiger partial charge >= 0.3 is 14.5 Å². The molecule has 0 amide bonds. The van der Waals surface area contributed by atoms with E-state index in [1.807, 2.05) is 0 Å². The molecule has 0 aromatic heterocycles. The fourth-order valence-electron chi connectivity index (χ4n) is 4.65. The number of fused-ring (bicyclic) bond motifs is 2. The maximum absolute atomic E-state index is 11.9. The molecule has 2 saturated heterocycles. The molecule has 0 aromatic carbocycles. The number of aliphatic hydroxyl groups is 1. The number of hydrogen-bond acceptors (Lipinski definition) is 6. The standard InChI is InChI=1S/C17H30O6Si/c1-16(2,3)24(17(4,5)6)21-8-9-13(23-24)12(18)10-11(14(10)22-9)15(19)20-7/h9-14,18H,8H2,1-7H3/t9-,10-,11+,12-,13+,14+/m1/s1. The lowest BCUT2D eigenvalue weighted by Crippen LogP contribution is -2.68. The van der Waals surface area contributed by atoms with Crippen LogP contribution in [0.3, 0.4) is 0 Å². The fourth-order valence-corrected chi connectivity index (χ4v) is 9.61. The Morgan fingerprint density at radius 1 is 1.12 bits per heavy atom. The van der Waals surface area contributed by atoms with E-state index < -0.39 is 20.8 Å². The second-order valence-corrected chi connectivity index (χ2v) is 14.0. The molecule has 3 fully saturated rings. The summed E-state index contributed by atoms with van der Waals surface area (Å²) < 4.78 is 23.8. The summed E-state index contributed by atoms with van der Waals surface area (Å²) in [5, 5.41) is 10.5. The molecule has 0 unspecified atom stereocenters. The Labute approximate surface area is 145 Å². The molecule has 6 atom stereocenters. The Balaban J connectivity index is 1.86. The minimum Gasteiger partial charge on any atom is -0.469 e. The van der Waals surface area contributed by atoms with Crippen LogP contribution in [-0.2, 0) is 23.1 Å². The van der Waals surface area contributed by atoms with Gasteiger partial charge < -0.3 is 23.4 Å². The molecule has 2 aliphatic heterocycles. The van der Waals surface area contributed by atoms with Crippen LogP contribution in [0, 0.1) is 11.8 Å². The van der Waals surface area contributed by atoms with E-state index in [2.05, 4.69) is 41.5 Å². The van der Waals surface area contributed by atoms with E-state index in [1.165, 1.54) is 7.11 Å². The zero-order chi connectivity index (χ0) is 18.1. The lowest BCUT2D eigenvalue weighted by Gasteiger charge is -2.56. The van der Waals surface area contributed by atoms with Gasteiger partial charge in [0, 0.05) is 16.0 Å². The second-order valence-electron chi connectivity index (χ2n) is 9.27. The van der Waals surface area contributed by atoms with Crippen LogP contribution in [0.1, 0.15) is 41.5 Å². The van der Waals surface area contributed by atoms with Gasteiger partial charge in [-0.25, -0.2) is 0 Å². The van der Waals surface area contributed by atoms with Crippen LogP contribution in [0.5, 0.6) is 0 Å². The van der Waals surface area contributed by atoms with Crippen molar-refractivity contribution in [3.05, 3.63) is 0 Å². The summed E-state index contributed by atoms with van der Waals surface area (Å²) in [5.41, 5.74) is 0. The van der Waals surface area contributed by atoms with Crippen molar-refractivity contribution < 1.29 is 28.2 Å². The number of methoxy groups -OCH3 is 1. The van der Waals surface area contributed by atoms with Crippen LogP contribution >= 0.6 is 0 Å². The molecule has 0 aromatic rings. The van der Waals surface area contributed by atoms with Crippen molar-refractivity contribution in [1.29, 1.82) is 0 Å². The topological polar surface area (TPSA) is 74.2 Å². The number of carbonyl (C=O) groups is 1. The van der Waals surface area contributed by atoms with Crippen molar-refractivity contribution in [2.45, 2.75) is 76.0 Å². The number of ether oxygens (including phenoxy) is 2. The van der Waals surface area contributed by atoms with Gasteiger partial charge in [0.2, 0.25) is 0 Å². The lowest BCUT2D eigenvalue weighted by molar-refractivity contribution is -0.179. The van der Waals surface area contributed by atoms with Crippen molar-refractivity contribution in [2.24, 2.45) is 11.8 Å². The predicted molar refractivity (Wildman–Crippen MR) is 89.7 cm³/mol. The average Bonchev–Trinajstić information content (AvgIpc) is 3.18. The van der Waals surface area contributed by atoms with Crippen molar-refractivity contribution in [3.63, 3.8) is 0 Å². The number of carbonyl (C=O) groups excluding carboxylic acids is 1. The molecule has 3 rings (SSSR count). The minimum absolute atomic E-state index is 0.155. The summed E-state index contributed by atoms with van der Waals surface area (Å²) in [6.45, 7) is 13.2. The van der Waals surface area contributed by atoms with Gasteiger partial charge in [-0.1, -0.05) is 41.5 Å². The number of hydrogen-bond donors (Lipinski definition) is 1. The summed E-state index contributed by atoms with van der Waals surface area (Å²) in [6, 6.07) is 0. The molecule has 1 saturated carbocycles. The molecule has 0 radical (unpaired) electrons. The molecule has 0 bridgehead atoms. The van der Waals surface area contributed by atoms with Crippen molar-refractivity contribution >= 4 is 14.5 Å². The molecule has 7 heteroatoms. The first kappa shape index (κ1) is 18.3. The van der Waals surface area contributed by atoms with Gasteiger partial charge in [0.05, 0.1) is 31.8 Å². The van der Waals surface area contributed by atoms with E-state index in [-0.39, 0.29) is 40.1 Å². The van der Waals surface area contributed by atoms with E-state index in [4.69, 9.17) is 18.3 Å². The maximum atomic E-state index is 11.9. The van der Waals surface area contributed by atoms with Crippen LogP contribution in [0.2, 0.25) is 10.1 Å². The average molecular weight is 359 g/mol. The quantitative estimate of drug-likeness (QED) is 0.571. The highest BCUT2D eigenvalue weighted by Crippen LogP contribution is 2.58. The summed E-state index contributed by atoms with van der Waals surface area (Å²) in [5.74, 6) is -0.943. The van der Waals surface area contributed by atoms with Gasteiger partial charge in [-0.15, -0.1) is 0 Å². The molecule has 138 valence electrons. The Morgan fingerprint density at radius 3 is 2.21 bits per heavy atom. The minimum atomic E-state index is -2.66. The first-order chi connectivity index (χ1) is 10.9. The third kappa shape index (κ3) is 2.48. The molecule has 1 N–H and O–H groups in total. The van der Waals surface area contributed by atoms with Crippen LogP contribution in [0.25, 0.3) is 0 Å². The molecule has 0 spiro atoms. The summed E-state index contributed by atoms with van der Waals surface area (Å²) in [7, 11) is -1.30. The zero-order valence-corrected chi connectivity index (χ0v) is 16.7. The fraction of sp³-hybridized carbons (Fsp3) is 0.941. The van der Waals surface area contributed by atoms with Crippen molar-refractivity contribution in [1.82, 2.24) is 0 Å². The Kier molecular flexibility index (Phi) is 4.21. The summed E-state index contributed by atoms with van der Waals surface area (Å²) in [4.78, 5) is 11.9. The smallest absolute Gasteiger partial charge is 0.349 e. The highest BCUT2D eigenvalue weighted by molar-refractivity contribution is 6.73. The third-order valence-corrected chi connectivity index (χ3v) is 10.8. The first-order valence-electron chi connectivity index (χ1n) is 8.68. The highest BCUT2D eigenvalue weighted by Gasteiger charge is 2.70. The van der Waals surface area contributed by atoms with Crippen molar-refractivity contribution in [3.8, 4) is 0 Å². The van der Waals surface area contributed by atoms with Crippen LogP contribution < -0.4 is 0 Å². The normalized spacial score (nSPS) is 41.2.